The molecular weight excluding hydrogens is 476 g/mol. The van der Waals surface area contributed by atoms with Crippen molar-refractivity contribution in [3.05, 3.63) is 57.0 Å². The van der Waals surface area contributed by atoms with Gasteiger partial charge in [-0.3, -0.25) is 9.59 Å². The number of benzene rings is 2. The lowest BCUT2D eigenvalue weighted by molar-refractivity contribution is -0.118. The Balaban J connectivity index is 1.64. The third kappa shape index (κ3) is 5.32. The number of hydrogen-bond acceptors (Lipinski definition) is 3. The summed E-state index contributed by atoms with van der Waals surface area (Å²) in [7, 11) is 0. The average molecular weight is 496 g/mol. The molecule has 0 bridgehead atoms. The largest absolute Gasteiger partial charge is 0.483 e. The maximum absolute atomic E-state index is 12.8. The highest BCUT2D eigenvalue weighted by molar-refractivity contribution is 9.11. The van der Waals surface area contributed by atoms with Crippen molar-refractivity contribution < 1.29 is 14.3 Å². The predicted molar refractivity (Wildman–Crippen MR) is 112 cm³/mol. The first-order chi connectivity index (χ1) is 13.0. The molecule has 1 N–H and O–H groups in total. The van der Waals surface area contributed by atoms with Crippen LogP contribution in [-0.4, -0.2) is 36.4 Å². The summed E-state index contributed by atoms with van der Waals surface area (Å²) in [6.45, 7) is 1.39. The number of rotatable bonds is 5. The normalized spacial score (nSPS) is 13.9. The van der Waals surface area contributed by atoms with Crippen LogP contribution in [0.2, 0.25) is 0 Å². The predicted octanol–water partition coefficient (Wildman–Crippen LogP) is 4.86. The second kappa shape index (κ2) is 9.37. The molecule has 0 saturated carbocycles. The first-order valence-corrected chi connectivity index (χ1v) is 10.4. The molecule has 2 aromatic rings. The van der Waals surface area contributed by atoms with Gasteiger partial charge in [0, 0.05) is 17.6 Å². The second-order valence-corrected chi connectivity index (χ2v) is 8.08. The van der Waals surface area contributed by atoms with Gasteiger partial charge in [0.2, 0.25) is 0 Å². The van der Waals surface area contributed by atoms with Crippen LogP contribution >= 0.6 is 31.9 Å². The summed E-state index contributed by atoms with van der Waals surface area (Å²) in [5.74, 6) is 0.219. The molecule has 0 spiro atoms. The fourth-order valence-electron chi connectivity index (χ4n) is 2.97. The summed E-state index contributed by atoms with van der Waals surface area (Å²) in [6.07, 6.45) is 3.21. The molecule has 0 atom stereocenters. The van der Waals surface area contributed by atoms with Crippen molar-refractivity contribution in [3.8, 4) is 5.75 Å². The summed E-state index contributed by atoms with van der Waals surface area (Å²) in [5.41, 5.74) is 1.02. The van der Waals surface area contributed by atoms with Gasteiger partial charge in [-0.2, -0.15) is 0 Å². The zero-order valence-electron chi connectivity index (χ0n) is 14.7. The van der Waals surface area contributed by atoms with Crippen LogP contribution in [0.4, 0.5) is 5.69 Å². The van der Waals surface area contributed by atoms with Crippen LogP contribution in [0.5, 0.6) is 5.75 Å². The minimum absolute atomic E-state index is 0.0397. The molecule has 3 rings (SSSR count). The molecule has 1 aliphatic rings. The SMILES string of the molecule is O=C(COc1ccc(Br)cc1Br)Nc1ccccc1C(=O)N1CCCCC1. The molecule has 0 radical (unpaired) electrons. The molecule has 5 nitrogen and oxygen atoms in total. The minimum Gasteiger partial charge on any atom is -0.483 e. The van der Waals surface area contributed by atoms with Crippen molar-refractivity contribution >= 4 is 49.4 Å². The number of anilines is 1. The van der Waals surface area contributed by atoms with Crippen molar-refractivity contribution in [1.29, 1.82) is 0 Å². The average Bonchev–Trinajstić information content (AvgIpc) is 2.68. The summed E-state index contributed by atoms with van der Waals surface area (Å²) in [4.78, 5) is 27.0. The van der Waals surface area contributed by atoms with Crippen LogP contribution in [-0.2, 0) is 4.79 Å². The van der Waals surface area contributed by atoms with Gasteiger partial charge in [0.05, 0.1) is 15.7 Å². The Bertz CT molecular complexity index is 836. The summed E-state index contributed by atoms with van der Waals surface area (Å²) in [5, 5.41) is 2.80. The van der Waals surface area contributed by atoms with E-state index >= 15 is 0 Å². The van der Waals surface area contributed by atoms with Crippen LogP contribution < -0.4 is 10.1 Å². The van der Waals surface area contributed by atoms with Crippen molar-refractivity contribution in [2.75, 3.05) is 25.0 Å². The molecule has 0 unspecified atom stereocenters. The zero-order chi connectivity index (χ0) is 19.2. The Morgan fingerprint density at radius 2 is 1.78 bits per heavy atom. The van der Waals surface area contributed by atoms with E-state index in [1.54, 1.807) is 24.3 Å². The Kier molecular flexibility index (Phi) is 6.90. The Labute approximate surface area is 175 Å². The third-order valence-corrected chi connectivity index (χ3v) is 5.44. The van der Waals surface area contributed by atoms with E-state index in [-0.39, 0.29) is 18.4 Å². The maximum Gasteiger partial charge on any atom is 0.262 e. The van der Waals surface area contributed by atoms with Gasteiger partial charge < -0.3 is 15.0 Å². The fourth-order valence-corrected chi connectivity index (χ4v) is 4.13. The molecule has 2 aromatic carbocycles. The monoisotopic (exact) mass is 494 g/mol. The van der Waals surface area contributed by atoms with Gasteiger partial charge in [-0.1, -0.05) is 28.1 Å². The Morgan fingerprint density at radius 3 is 2.52 bits per heavy atom. The number of likely N-dealkylation sites (tertiary alicyclic amines) is 1. The van der Waals surface area contributed by atoms with Gasteiger partial charge in [-0.15, -0.1) is 0 Å². The quantitative estimate of drug-likeness (QED) is 0.644. The number of hydrogen-bond donors (Lipinski definition) is 1. The van der Waals surface area contributed by atoms with Crippen molar-refractivity contribution in [2.24, 2.45) is 0 Å². The van der Waals surface area contributed by atoms with Gasteiger partial charge in [-0.25, -0.2) is 0 Å². The van der Waals surface area contributed by atoms with Crippen LogP contribution in [0.25, 0.3) is 0 Å². The molecule has 7 heteroatoms. The summed E-state index contributed by atoms with van der Waals surface area (Å²) in [6, 6.07) is 12.6. The topological polar surface area (TPSA) is 58.6 Å². The van der Waals surface area contributed by atoms with Crippen LogP contribution in [0.15, 0.2) is 51.4 Å². The van der Waals surface area contributed by atoms with Crippen LogP contribution in [0.3, 0.4) is 0 Å². The molecular formula is C20H20Br2N2O3. The van der Waals surface area contributed by atoms with E-state index < -0.39 is 0 Å². The second-order valence-electron chi connectivity index (χ2n) is 6.31. The number of halogens is 2. The highest BCUT2D eigenvalue weighted by atomic mass is 79.9. The van der Waals surface area contributed by atoms with Gasteiger partial charge in [-0.05, 0) is 65.5 Å². The molecule has 2 amide bonds. The molecule has 0 aromatic heterocycles. The van der Waals surface area contributed by atoms with Crippen molar-refractivity contribution in [3.63, 3.8) is 0 Å². The lowest BCUT2D eigenvalue weighted by Gasteiger charge is -2.27. The molecule has 0 aliphatic carbocycles. The van der Waals surface area contributed by atoms with Crippen molar-refractivity contribution in [1.82, 2.24) is 4.90 Å². The highest BCUT2D eigenvalue weighted by Crippen LogP contribution is 2.28. The lowest BCUT2D eigenvalue weighted by atomic mass is 10.1. The number of carbonyl (C=O) groups is 2. The van der Waals surface area contributed by atoms with Crippen LogP contribution in [0.1, 0.15) is 29.6 Å². The van der Waals surface area contributed by atoms with E-state index in [2.05, 4.69) is 37.2 Å². The third-order valence-electron chi connectivity index (χ3n) is 4.33. The van der Waals surface area contributed by atoms with E-state index in [4.69, 9.17) is 4.74 Å². The summed E-state index contributed by atoms with van der Waals surface area (Å²) >= 11 is 6.78. The van der Waals surface area contributed by atoms with E-state index in [0.29, 0.717) is 17.0 Å². The van der Waals surface area contributed by atoms with Gasteiger partial charge >= 0.3 is 0 Å². The highest BCUT2D eigenvalue weighted by Gasteiger charge is 2.21. The standard InChI is InChI=1S/C20H20Br2N2O3/c21-14-8-9-18(16(22)12-14)27-13-19(25)23-17-7-3-2-6-15(17)20(26)24-10-4-1-5-11-24/h2-3,6-9,12H,1,4-5,10-11,13H2,(H,23,25). The Hall–Kier alpha value is -1.86. The van der Waals surface area contributed by atoms with Gasteiger partial charge in [0.25, 0.3) is 11.8 Å². The first kappa shape index (κ1) is 19.9. The van der Waals surface area contributed by atoms with E-state index in [0.717, 1.165) is 41.3 Å². The van der Waals surface area contributed by atoms with Crippen molar-refractivity contribution in [2.45, 2.75) is 19.3 Å². The number of para-hydroxylation sites is 1. The molecule has 1 heterocycles. The number of piperidine rings is 1. The molecule has 1 aliphatic heterocycles. The number of amides is 2. The molecule has 27 heavy (non-hydrogen) atoms. The van der Waals surface area contributed by atoms with E-state index in [9.17, 15) is 9.59 Å². The molecule has 1 saturated heterocycles. The fraction of sp³-hybridized carbons (Fsp3) is 0.300. The summed E-state index contributed by atoms with van der Waals surface area (Å²) < 4.78 is 7.24. The number of nitrogens with zero attached hydrogens (tertiary/aromatic N) is 1. The number of nitrogens with one attached hydrogen (secondary N) is 1. The maximum atomic E-state index is 12.8. The van der Waals surface area contributed by atoms with Gasteiger partial charge in [0.15, 0.2) is 6.61 Å². The lowest BCUT2D eigenvalue weighted by Crippen LogP contribution is -2.36. The molecule has 1 fully saturated rings. The van der Waals surface area contributed by atoms with Crippen LogP contribution in [0, 0.1) is 0 Å². The molecule has 142 valence electrons. The smallest absolute Gasteiger partial charge is 0.262 e. The first-order valence-electron chi connectivity index (χ1n) is 8.80. The number of ether oxygens (including phenoxy) is 1. The number of carbonyl (C=O) groups excluding carboxylic acids is 2. The van der Waals surface area contributed by atoms with E-state index in [1.165, 1.54) is 0 Å². The Morgan fingerprint density at radius 1 is 1.04 bits per heavy atom. The van der Waals surface area contributed by atoms with E-state index in [1.807, 2.05) is 23.1 Å². The minimum atomic E-state index is -0.316. The van der Waals surface area contributed by atoms with Gasteiger partial charge in [0.1, 0.15) is 5.75 Å². The zero-order valence-corrected chi connectivity index (χ0v) is 17.9.